The van der Waals surface area contributed by atoms with Gasteiger partial charge in [-0.3, -0.25) is 0 Å². The Bertz CT molecular complexity index is 517. The van der Waals surface area contributed by atoms with Crippen LogP contribution in [0.25, 0.3) is 10.9 Å². The van der Waals surface area contributed by atoms with Gasteiger partial charge in [0.05, 0.1) is 0 Å². The summed E-state index contributed by atoms with van der Waals surface area (Å²) >= 11 is 0. The highest BCUT2D eigenvalue weighted by Gasteiger charge is 2.05. The summed E-state index contributed by atoms with van der Waals surface area (Å²) in [6.07, 6.45) is 6.75. The molecule has 0 aliphatic carbocycles. The van der Waals surface area contributed by atoms with E-state index in [1.807, 2.05) is 0 Å². The van der Waals surface area contributed by atoms with E-state index < -0.39 is 0 Å². The lowest BCUT2D eigenvalue weighted by atomic mass is 10.0. The van der Waals surface area contributed by atoms with Gasteiger partial charge in [-0.25, -0.2) is 0 Å². The van der Waals surface area contributed by atoms with E-state index in [4.69, 9.17) is 0 Å². The van der Waals surface area contributed by atoms with Gasteiger partial charge >= 0.3 is 0 Å². The second kappa shape index (κ2) is 4.56. The highest BCUT2D eigenvalue weighted by atomic mass is 14.9. The van der Waals surface area contributed by atoms with Gasteiger partial charge < -0.3 is 4.57 Å². The van der Waals surface area contributed by atoms with Crippen molar-refractivity contribution in [1.82, 2.24) is 4.57 Å². The van der Waals surface area contributed by atoms with Crippen molar-refractivity contribution in [1.29, 1.82) is 0 Å². The van der Waals surface area contributed by atoms with E-state index in [1.165, 1.54) is 22.0 Å². The van der Waals surface area contributed by atoms with Gasteiger partial charge in [-0.15, -0.1) is 0 Å². The number of aromatic nitrogens is 1. The molecule has 0 fully saturated rings. The number of aryl methyl sites for hydroxylation is 2. The van der Waals surface area contributed by atoms with Crippen molar-refractivity contribution in [2.45, 2.75) is 26.7 Å². The standard InChI is InChI=1S/C15H19N/c1-4-12(2)9-10-13-11-16(3)15-8-6-5-7-14(13)15/h4-8,11H,9-10H2,1-3H3/b12-4+. The lowest BCUT2D eigenvalue weighted by molar-refractivity contribution is 0.914. The maximum atomic E-state index is 2.26. The summed E-state index contributed by atoms with van der Waals surface area (Å²) in [6.45, 7) is 4.31. The lowest BCUT2D eigenvalue weighted by Crippen LogP contribution is -1.85. The van der Waals surface area contributed by atoms with Crippen LogP contribution in [0.3, 0.4) is 0 Å². The minimum Gasteiger partial charge on any atom is -0.350 e. The van der Waals surface area contributed by atoms with E-state index in [9.17, 15) is 0 Å². The third-order valence-electron chi connectivity index (χ3n) is 3.26. The molecule has 0 aliphatic rings. The molecule has 16 heavy (non-hydrogen) atoms. The molecule has 0 radical (unpaired) electrons. The monoisotopic (exact) mass is 213 g/mol. The third-order valence-corrected chi connectivity index (χ3v) is 3.26. The van der Waals surface area contributed by atoms with Crippen LogP contribution < -0.4 is 0 Å². The fourth-order valence-electron chi connectivity index (χ4n) is 2.10. The number of para-hydroxylation sites is 1. The Kier molecular flexibility index (Phi) is 3.14. The molecular formula is C15H19N. The molecule has 2 aromatic rings. The molecule has 0 spiro atoms. The first-order chi connectivity index (χ1) is 7.72. The highest BCUT2D eigenvalue weighted by molar-refractivity contribution is 5.83. The van der Waals surface area contributed by atoms with Gasteiger partial charge in [0.2, 0.25) is 0 Å². The molecule has 0 aliphatic heterocycles. The zero-order chi connectivity index (χ0) is 11.5. The molecule has 0 atom stereocenters. The maximum absolute atomic E-state index is 2.26. The van der Waals surface area contributed by atoms with E-state index in [2.05, 4.69) is 62.0 Å². The molecule has 0 saturated carbocycles. The molecule has 1 nitrogen and oxygen atoms in total. The zero-order valence-corrected chi connectivity index (χ0v) is 10.3. The fourth-order valence-corrected chi connectivity index (χ4v) is 2.10. The van der Waals surface area contributed by atoms with Crippen molar-refractivity contribution in [3.63, 3.8) is 0 Å². The Labute approximate surface area is 97.4 Å². The lowest BCUT2D eigenvalue weighted by Gasteiger charge is -1.99. The Morgan fingerprint density at radius 1 is 1.31 bits per heavy atom. The summed E-state index contributed by atoms with van der Waals surface area (Å²) in [6, 6.07) is 8.62. The summed E-state index contributed by atoms with van der Waals surface area (Å²) in [5, 5.41) is 1.40. The molecule has 0 saturated heterocycles. The molecule has 1 heterocycles. The summed E-state index contributed by atoms with van der Waals surface area (Å²) in [7, 11) is 2.12. The Balaban J connectivity index is 2.31. The number of benzene rings is 1. The van der Waals surface area contributed by atoms with E-state index in [-0.39, 0.29) is 0 Å². The van der Waals surface area contributed by atoms with Crippen molar-refractivity contribution in [2.75, 3.05) is 0 Å². The second-order valence-corrected chi connectivity index (χ2v) is 4.42. The fraction of sp³-hybridized carbons (Fsp3) is 0.333. The minimum absolute atomic E-state index is 1.14. The van der Waals surface area contributed by atoms with E-state index in [0.717, 1.165) is 12.8 Å². The zero-order valence-electron chi connectivity index (χ0n) is 10.3. The Morgan fingerprint density at radius 3 is 2.81 bits per heavy atom. The van der Waals surface area contributed by atoms with Gasteiger partial charge in [-0.05, 0) is 38.3 Å². The normalized spacial score (nSPS) is 12.3. The van der Waals surface area contributed by atoms with Crippen LogP contribution in [-0.2, 0) is 13.5 Å². The number of fused-ring (bicyclic) bond motifs is 1. The number of nitrogens with zero attached hydrogens (tertiary/aromatic N) is 1. The van der Waals surface area contributed by atoms with Crippen LogP contribution in [0.2, 0.25) is 0 Å². The van der Waals surface area contributed by atoms with Crippen molar-refractivity contribution in [3.05, 3.63) is 47.7 Å². The molecule has 1 heteroatoms. The second-order valence-electron chi connectivity index (χ2n) is 4.42. The van der Waals surface area contributed by atoms with Gasteiger partial charge in [-0.2, -0.15) is 0 Å². The van der Waals surface area contributed by atoms with E-state index >= 15 is 0 Å². The predicted molar refractivity (Wildman–Crippen MR) is 70.7 cm³/mol. The summed E-state index contributed by atoms with van der Waals surface area (Å²) in [4.78, 5) is 0. The Hall–Kier alpha value is -1.50. The largest absolute Gasteiger partial charge is 0.350 e. The molecule has 84 valence electrons. The first-order valence-corrected chi connectivity index (χ1v) is 5.87. The average Bonchev–Trinajstić information content (AvgIpc) is 2.64. The molecule has 0 bridgehead atoms. The molecule has 0 unspecified atom stereocenters. The minimum atomic E-state index is 1.14. The molecule has 1 aromatic carbocycles. The summed E-state index contributed by atoms with van der Waals surface area (Å²) in [5.74, 6) is 0. The predicted octanol–water partition coefficient (Wildman–Crippen LogP) is 4.08. The first kappa shape index (κ1) is 11.0. The first-order valence-electron chi connectivity index (χ1n) is 5.87. The van der Waals surface area contributed by atoms with Gasteiger partial charge in [0.15, 0.2) is 0 Å². The smallest absolute Gasteiger partial charge is 0.0480 e. The number of allylic oxidation sites excluding steroid dienone is 2. The van der Waals surface area contributed by atoms with Crippen LogP contribution in [0, 0.1) is 0 Å². The molecular weight excluding hydrogens is 194 g/mol. The van der Waals surface area contributed by atoms with Gasteiger partial charge in [0.25, 0.3) is 0 Å². The topological polar surface area (TPSA) is 4.93 Å². The van der Waals surface area contributed by atoms with Crippen LogP contribution in [0.5, 0.6) is 0 Å². The summed E-state index contributed by atoms with van der Waals surface area (Å²) < 4.78 is 2.22. The molecule has 0 amide bonds. The average molecular weight is 213 g/mol. The van der Waals surface area contributed by atoms with Crippen LogP contribution in [0.4, 0.5) is 0 Å². The van der Waals surface area contributed by atoms with Gasteiger partial charge in [0, 0.05) is 24.1 Å². The van der Waals surface area contributed by atoms with Crippen LogP contribution in [-0.4, -0.2) is 4.57 Å². The van der Waals surface area contributed by atoms with Gasteiger partial charge in [-0.1, -0.05) is 29.8 Å². The number of rotatable bonds is 3. The quantitative estimate of drug-likeness (QED) is 0.677. The van der Waals surface area contributed by atoms with Crippen LogP contribution in [0.1, 0.15) is 25.8 Å². The SMILES string of the molecule is C/C=C(\C)CCc1cn(C)c2ccccc12. The van der Waals surface area contributed by atoms with E-state index in [1.54, 1.807) is 0 Å². The molecule has 1 aromatic heterocycles. The Morgan fingerprint density at radius 2 is 2.06 bits per heavy atom. The van der Waals surface area contributed by atoms with Gasteiger partial charge in [0.1, 0.15) is 0 Å². The van der Waals surface area contributed by atoms with E-state index in [0.29, 0.717) is 0 Å². The molecule has 2 rings (SSSR count). The number of hydrogen-bond acceptors (Lipinski definition) is 0. The van der Waals surface area contributed by atoms with Crippen molar-refractivity contribution < 1.29 is 0 Å². The highest BCUT2D eigenvalue weighted by Crippen LogP contribution is 2.22. The van der Waals surface area contributed by atoms with Crippen LogP contribution >= 0.6 is 0 Å². The summed E-state index contributed by atoms with van der Waals surface area (Å²) in [5.41, 5.74) is 4.25. The number of hydrogen-bond donors (Lipinski definition) is 0. The van der Waals surface area contributed by atoms with Crippen LogP contribution in [0.15, 0.2) is 42.1 Å². The third kappa shape index (κ3) is 2.04. The van der Waals surface area contributed by atoms with Crippen molar-refractivity contribution in [2.24, 2.45) is 7.05 Å². The van der Waals surface area contributed by atoms with Crippen molar-refractivity contribution in [3.8, 4) is 0 Å². The maximum Gasteiger partial charge on any atom is 0.0480 e. The molecule has 0 N–H and O–H groups in total. The van der Waals surface area contributed by atoms with Crippen molar-refractivity contribution >= 4 is 10.9 Å².